The molecule has 0 aromatic heterocycles. The van der Waals surface area contributed by atoms with Gasteiger partial charge in [-0.05, 0) is 25.1 Å². The molecule has 0 aliphatic carbocycles. The Balaban J connectivity index is 1.86. The van der Waals surface area contributed by atoms with Crippen LogP contribution in [0.2, 0.25) is 0 Å². The summed E-state index contributed by atoms with van der Waals surface area (Å²) in [5, 5.41) is 0. The third kappa shape index (κ3) is 5.47. The molecule has 1 aromatic rings. The number of ether oxygens (including phenoxy) is 2. The van der Waals surface area contributed by atoms with Gasteiger partial charge in [0.2, 0.25) is 10.0 Å². The molecule has 124 valence electrons. The van der Waals surface area contributed by atoms with Crippen molar-refractivity contribution in [3.63, 3.8) is 0 Å². The standard InChI is InChI=1S/C15H24N2O4S/c1-3-9-17(10-8-16-22(2,18)19)11-13-12-20-14-6-4-5-7-15(14)21-13/h4-7,13,16H,3,8-12H2,1-2H3. The van der Waals surface area contributed by atoms with Crippen molar-refractivity contribution < 1.29 is 17.9 Å². The minimum Gasteiger partial charge on any atom is -0.486 e. The summed E-state index contributed by atoms with van der Waals surface area (Å²) in [5.41, 5.74) is 0. The van der Waals surface area contributed by atoms with E-state index in [-0.39, 0.29) is 6.10 Å². The van der Waals surface area contributed by atoms with Crippen LogP contribution in [0.5, 0.6) is 11.5 Å². The molecule has 1 aliphatic heterocycles. The van der Waals surface area contributed by atoms with E-state index in [1.54, 1.807) is 0 Å². The Morgan fingerprint density at radius 3 is 2.68 bits per heavy atom. The van der Waals surface area contributed by atoms with E-state index in [9.17, 15) is 8.42 Å². The monoisotopic (exact) mass is 328 g/mol. The van der Waals surface area contributed by atoms with Crippen LogP contribution in [0.4, 0.5) is 0 Å². The molecular weight excluding hydrogens is 304 g/mol. The highest BCUT2D eigenvalue weighted by molar-refractivity contribution is 7.88. The summed E-state index contributed by atoms with van der Waals surface area (Å²) in [7, 11) is -3.14. The van der Waals surface area contributed by atoms with Crippen molar-refractivity contribution in [2.45, 2.75) is 19.4 Å². The fraction of sp³-hybridized carbons (Fsp3) is 0.600. The van der Waals surface area contributed by atoms with Crippen molar-refractivity contribution >= 4 is 10.0 Å². The molecule has 0 amide bonds. The van der Waals surface area contributed by atoms with Crippen LogP contribution in [0.25, 0.3) is 0 Å². The van der Waals surface area contributed by atoms with Crippen molar-refractivity contribution in [3.05, 3.63) is 24.3 Å². The summed E-state index contributed by atoms with van der Waals surface area (Å²) in [4.78, 5) is 2.19. The molecule has 1 heterocycles. The van der Waals surface area contributed by atoms with Gasteiger partial charge in [0.1, 0.15) is 12.7 Å². The lowest BCUT2D eigenvalue weighted by Crippen LogP contribution is -2.44. The van der Waals surface area contributed by atoms with E-state index in [0.717, 1.165) is 24.5 Å². The van der Waals surface area contributed by atoms with E-state index in [4.69, 9.17) is 9.47 Å². The summed E-state index contributed by atoms with van der Waals surface area (Å²) in [6.07, 6.45) is 2.13. The van der Waals surface area contributed by atoms with Gasteiger partial charge < -0.3 is 9.47 Å². The van der Waals surface area contributed by atoms with Crippen LogP contribution in [0, 0.1) is 0 Å². The van der Waals surface area contributed by atoms with Crippen LogP contribution < -0.4 is 14.2 Å². The maximum atomic E-state index is 11.1. The second-order valence-corrected chi connectivity index (χ2v) is 7.30. The van der Waals surface area contributed by atoms with Crippen LogP contribution in [0.15, 0.2) is 24.3 Å². The first-order valence-electron chi connectivity index (χ1n) is 7.53. The molecule has 1 N–H and O–H groups in total. The van der Waals surface area contributed by atoms with E-state index in [2.05, 4.69) is 16.5 Å². The Labute approximate surface area is 132 Å². The van der Waals surface area contributed by atoms with Gasteiger partial charge in [-0.3, -0.25) is 4.90 Å². The van der Waals surface area contributed by atoms with Crippen LogP contribution >= 0.6 is 0 Å². The number of benzene rings is 1. The Morgan fingerprint density at radius 1 is 1.27 bits per heavy atom. The summed E-state index contributed by atoms with van der Waals surface area (Å²) in [6, 6.07) is 7.63. The highest BCUT2D eigenvalue weighted by atomic mass is 32.2. The van der Waals surface area contributed by atoms with Gasteiger partial charge in [0, 0.05) is 19.6 Å². The lowest BCUT2D eigenvalue weighted by molar-refractivity contribution is 0.0592. The van der Waals surface area contributed by atoms with Crippen LogP contribution in [0.1, 0.15) is 13.3 Å². The zero-order valence-corrected chi connectivity index (χ0v) is 13.9. The maximum absolute atomic E-state index is 11.1. The first-order valence-corrected chi connectivity index (χ1v) is 9.42. The van der Waals surface area contributed by atoms with Crippen molar-refractivity contribution in [1.29, 1.82) is 0 Å². The Bertz CT molecular complexity index is 577. The van der Waals surface area contributed by atoms with E-state index >= 15 is 0 Å². The lowest BCUT2D eigenvalue weighted by Gasteiger charge is -2.31. The van der Waals surface area contributed by atoms with Gasteiger partial charge in [-0.1, -0.05) is 19.1 Å². The first-order chi connectivity index (χ1) is 10.5. The largest absolute Gasteiger partial charge is 0.486 e. The molecule has 1 aromatic carbocycles. The van der Waals surface area contributed by atoms with Gasteiger partial charge in [0.25, 0.3) is 0 Å². The summed E-state index contributed by atoms with van der Waals surface area (Å²) in [5.74, 6) is 1.55. The van der Waals surface area contributed by atoms with Crippen molar-refractivity contribution in [2.75, 3.05) is 39.0 Å². The topological polar surface area (TPSA) is 67.9 Å². The third-order valence-corrected chi connectivity index (χ3v) is 4.09. The van der Waals surface area contributed by atoms with Gasteiger partial charge in [-0.25, -0.2) is 13.1 Å². The Hall–Kier alpha value is -1.31. The fourth-order valence-electron chi connectivity index (χ4n) is 2.44. The average molecular weight is 328 g/mol. The molecule has 0 radical (unpaired) electrons. The molecule has 1 aliphatic rings. The molecule has 0 fully saturated rings. The lowest BCUT2D eigenvalue weighted by atomic mass is 10.2. The highest BCUT2D eigenvalue weighted by Gasteiger charge is 2.22. The maximum Gasteiger partial charge on any atom is 0.208 e. The van der Waals surface area contributed by atoms with E-state index in [1.807, 2.05) is 24.3 Å². The Kier molecular flexibility index (Phi) is 6.05. The molecule has 6 nitrogen and oxygen atoms in total. The number of hydrogen-bond donors (Lipinski definition) is 1. The number of nitrogens with one attached hydrogen (secondary N) is 1. The number of hydrogen-bond acceptors (Lipinski definition) is 5. The van der Waals surface area contributed by atoms with E-state index in [0.29, 0.717) is 26.2 Å². The zero-order valence-electron chi connectivity index (χ0n) is 13.1. The highest BCUT2D eigenvalue weighted by Crippen LogP contribution is 2.30. The van der Waals surface area contributed by atoms with Gasteiger partial charge in [0.05, 0.1) is 6.26 Å². The minimum atomic E-state index is -3.14. The quantitative estimate of drug-likeness (QED) is 0.774. The second kappa shape index (κ2) is 7.80. The smallest absolute Gasteiger partial charge is 0.208 e. The molecular formula is C15H24N2O4S. The van der Waals surface area contributed by atoms with Crippen LogP contribution in [-0.4, -0.2) is 58.5 Å². The van der Waals surface area contributed by atoms with E-state index < -0.39 is 10.0 Å². The molecule has 0 saturated heterocycles. The SMILES string of the molecule is CCCN(CCNS(C)(=O)=O)CC1COc2ccccc2O1. The van der Waals surface area contributed by atoms with Gasteiger partial charge in [-0.2, -0.15) is 0 Å². The molecule has 22 heavy (non-hydrogen) atoms. The predicted molar refractivity (Wildman–Crippen MR) is 85.9 cm³/mol. The number of nitrogens with zero attached hydrogens (tertiary/aromatic N) is 1. The number of sulfonamides is 1. The molecule has 1 atom stereocenters. The fourth-order valence-corrected chi connectivity index (χ4v) is 2.90. The van der Waals surface area contributed by atoms with Crippen molar-refractivity contribution in [1.82, 2.24) is 9.62 Å². The van der Waals surface area contributed by atoms with Crippen LogP contribution in [0.3, 0.4) is 0 Å². The molecule has 0 saturated carbocycles. The minimum absolute atomic E-state index is 0.0420. The summed E-state index contributed by atoms with van der Waals surface area (Å²) in [6.45, 7) is 5.28. The summed E-state index contributed by atoms with van der Waals surface area (Å²) >= 11 is 0. The van der Waals surface area contributed by atoms with Crippen LogP contribution in [-0.2, 0) is 10.0 Å². The number of para-hydroxylation sites is 2. The van der Waals surface area contributed by atoms with Crippen molar-refractivity contribution in [3.8, 4) is 11.5 Å². The summed E-state index contributed by atoms with van der Waals surface area (Å²) < 4.78 is 36.4. The van der Waals surface area contributed by atoms with Gasteiger partial charge in [-0.15, -0.1) is 0 Å². The molecule has 0 bridgehead atoms. The average Bonchev–Trinajstić information content (AvgIpc) is 2.46. The molecule has 2 rings (SSSR count). The molecule has 7 heteroatoms. The third-order valence-electron chi connectivity index (χ3n) is 3.36. The second-order valence-electron chi connectivity index (χ2n) is 5.46. The van der Waals surface area contributed by atoms with Gasteiger partial charge >= 0.3 is 0 Å². The first kappa shape index (κ1) is 17.1. The normalized spacial score (nSPS) is 17.7. The predicted octanol–water partition coefficient (Wildman–Crippen LogP) is 1.09. The number of fused-ring (bicyclic) bond motifs is 1. The molecule has 0 spiro atoms. The zero-order chi connectivity index (χ0) is 16.0. The van der Waals surface area contributed by atoms with Crippen molar-refractivity contribution in [2.24, 2.45) is 0 Å². The van der Waals surface area contributed by atoms with Gasteiger partial charge in [0.15, 0.2) is 11.5 Å². The molecule has 1 unspecified atom stereocenters. The Morgan fingerprint density at radius 2 is 2.00 bits per heavy atom. The van der Waals surface area contributed by atoms with E-state index in [1.165, 1.54) is 6.26 Å². The number of rotatable bonds is 8.